The molecule has 21 heavy (non-hydrogen) atoms. The Kier molecular flexibility index (Phi) is 13.1. The molecule has 0 N–H and O–H groups in total. The molecule has 1 aliphatic rings. The molecule has 1 fully saturated rings. The van der Waals surface area contributed by atoms with Crippen molar-refractivity contribution >= 4 is 0 Å². The van der Waals surface area contributed by atoms with Gasteiger partial charge >= 0.3 is 0 Å². The molecule has 0 bridgehead atoms. The fourth-order valence-corrected chi connectivity index (χ4v) is 1.58. The molecule has 0 aromatic heterocycles. The van der Waals surface area contributed by atoms with Crippen molar-refractivity contribution in [1.29, 1.82) is 0 Å². The van der Waals surface area contributed by atoms with Crippen molar-refractivity contribution in [2.24, 2.45) is 0 Å². The summed E-state index contributed by atoms with van der Waals surface area (Å²) in [7, 11) is 0. The van der Waals surface area contributed by atoms with Gasteiger partial charge in [-0.2, -0.15) is 0 Å². The molecular weight excluding hydrogens is 280 g/mol. The van der Waals surface area contributed by atoms with Gasteiger partial charge in [-0.1, -0.05) is 0 Å². The van der Waals surface area contributed by atoms with Crippen LogP contribution in [-0.4, -0.2) is 85.6 Å². The van der Waals surface area contributed by atoms with Crippen molar-refractivity contribution < 1.29 is 33.2 Å². The molecule has 1 heterocycles. The van der Waals surface area contributed by atoms with Gasteiger partial charge in [0.05, 0.1) is 79.3 Å². The van der Waals surface area contributed by atoms with E-state index in [1.807, 2.05) is 6.92 Å². The van der Waals surface area contributed by atoms with Crippen LogP contribution in [0.4, 0.5) is 0 Å². The van der Waals surface area contributed by atoms with Crippen molar-refractivity contribution in [2.45, 2.75) is 13.2 Å². The van der Waals surface area contributed by atoms with Gasteiger partial charge < -0.3 is 33.2 Å². The average molecular weight is 308 g/mol. The van der Waals surface area contributed by atoms with Crippen molar-refractivity contribution in [2.75, 3.05) is 79.3 Å². The van der Waals surface area contributed by atoms with Gasteiger partial charge in [0.15, 0.2) is 6.29 Å². The van der Waals surface area contributed by atoms with Crippen LogP contribution >= 0.6 is 0 Å². The standard InChI is InChI=1S/C14H28O7/c1-14-20-12-10-18-8-6-16-4-2-15-3-5-17-7-9-19-11-13-21-14/h14H,2-13H2,1H3. The first kappa shape index (κ1) is 18.8. The molecule has 7 heteroatoms. The van der Waals surface area contributed by atoms with Gasteiger partial charge in [0.1, 0.15) is 0 Å². The second-order valence-corrected chi connectivity index (χ2v) is 4.37. The average Bonchev–Trinajstić information content (AvgIpc) is 2.48. The van der Waals surface area contributed by atoms with E-state index in [1.165, 1.54) is 0 Å². The second kappa shape index (κ2) is 14.6. The van der Waals surface area contributed by atoms with Gasteiger partial charge in [-0.3, -0.25) is 0 Å². The van der Waals surface area contributed by atoms with Crippen LogP contribution in [0.25, 0.3) is 0 Å². The number of rotatable bonds is 0. The molecule has 0 saturated carbocycles. The summed E-state index contributed by atoms with van der Waals surface area (Å²) in [6, 6.07) is 0. The highest BCUT2D eigenvalue weighted by molar-refractivity contribution is 4.39. The minimum atomic E-state index is -0.257. The Hall–Kier alpha value is -0.280. The topological polar surface area (TPSA) is 64.6 Å². The number of hydrogen-bond donors (Lipinski definition) is 0. The van der Waals surface area contributed by atoms with Crippen LogP contribution in [0.3, 0.4) is 0 Å². The van der Waals surface area contributed by atoms with Crippen LogP contribution in [-0.2, 0) is 33.2 Å². The van der Waals surface area contributed by atoms with Gasteiger partial charge in [0.25, 0.3) is 0 Å². The number of ether oxygens (including phenoxy) is 7. The van der Waals surface area contributed by atoms with Crippen molar-refractivity contribution in [1.82, 2.24) is 0 Å². The van der Waals surface area contributed by atoms with Crippen LogP contribution in [0.2, 0.25) is 0 Å². The maximum Gasteiger partial charge on any atom is 0.155 e. The minimum absolute atomic E-state index is 0.257. The fraction of sp³-hybridized carbons (Fsp3) is 1.00. The summed E-state index contributed by atoms with van der Waals surface area (Å²) in [6.07, 6.45) is -0.257. The third kappa shape index (κ3) is 13.1. The maximum absolute atomic E-state index is 5.44. The zero-order valence-corrected chi connectivity index (χ0v) is 12.9. The Morgan fingerprint density at radius 1 is 0.429 bits per heavy atom. The SMILES string of the molecule is CC1OCCOCCOCCOCCOCCOCCO1. The zero-order chi connectivity index (χ0) is 15.0. The lowest BCUT2D eigenvalue weighted by atomic mass is 10.6. The lowest BCUT2D eigenvalue weighted by molar-refractivity contribution is -0.149. The molecule has 126 valence electrons. The normalized spacial score (nSPS) is 24.4. The summed E-state index contributed by atoms with van der Waals surface area (Å²) in [4.78, 5) is 0. The molecule has 0 spiro atoms. The van der Waals surface area contributed by atoms with Crippen LogP contribution in [0.15, 0.2) is 0 Å². The Labute approximate surface area is 126 Å². The summed E-state index contributed by atoms with van der Waals surface area (Å²) in [5.41, 5.74) is 0. The van der Waals surface area contributed by atoms with E-state index in [9.17, 15) is 0 Å². The Morgan fingerprint density at radius 2 is 0.667 bits per heavy atom. The predicted octanol–water partition coefficient (Wildman–Crippen LogP) is 0.462. The summed E-state index contributed by atoms with van der Waals surface area (Å²) < 4.78 is 37.7. The lowest BCUT2D eigenvalue weighted by Gasteiger charge is -2.14. The van der Waals surface area contributed by atoms with Crippen LogP contribution in [0, 0.1) is 0 Å². The van der Waals surface area contributed by atoms with E-state index in [1.54, 1.807) is 0 Å². The van der Waals surface area contributed by atoms with E-state index >= 15 is 0 Å². The molecule has 0 unspecified atom stereocenters. The summed E-state index contributed by atoms with van der Waals surface area (Å²) in [6.45, 7) is 8.40. The van der Waals surface area contributed by atoms with E-state index in [-0.39, 0.29) is 6.29 Å². The molecule has 0 radical (unpaired) electrons. The quantitative estimate of drug-likeness (QED) is 0.644. The Morgan fingerprint density at radius 3 is 0.952 bits per heavy atom. The first-order valence-corrected chi connectivity index (χ1v) is 7.51. The molecule has 1 aliphatic heterocycles. The van der Waals surface area contributed by atoms with Crippen LogP contribution in [0.5, 0.6) is 0 Å². The van der Waals surface area contributed by atoms with Gasteiger partial charge in [-0.25, -0.2) is 0 Å². The molecule has 7 nitrogen and oxygen atoms in total. The van der Waals surface area contributed by atoms with Crippen LogP contribution < -0.4 is 0 Å². The highest BCUT2D eigenvalue weighted by Gasteiger charge is 2.02. The van der Waals surface area contributed by atoms with Crippen molar-refractivity contribution in [3.63, 3.8) is 0 Å². The Bertz CT molecular complexity index is 195. The van der Waals surface area contributed by atoms with Gasteiger partial charge in [0, 0.05) is 0 Å². The molecule has 0 atom stereocenters. The zero-order valence-electron chi connectivity index (χ0n) is 12.9. The molecule has 0 aromatic carbocycles. The van der Waals surface area contributed by atoms with Crippen molar-refractivity contribution in [3.05, 3.63) is 0 Å². The maximum atomic E-state index is 5.44. The Balaban J connectivity index is 2.08. The van der Waals surface area contributed by atoms with E-state index in [0.717, 1.165) is 0 Å². The molecule has 0 amide bonds. The van der Waals surface area contributed by atoms with Gasteiger partial charge in [-0.05, 0) is 6.92 Å². The lowest BCUT2D eigenvalue weighted by Crippen LogP contribution is -2.20. The highest BCUT2D eigenvalue weighted by atomic mass is 16.7. The van der Waals surface area contributed by atoms with Crippen molar-refractivity contribution in [3.8, 4) is 0 Å². The van der Waals surface area contributed by atoms with Crippen LogP contribution in [0.1, 0.15) is 6.92 Å². The fourth-order valence-electron chi connectivity index (χ4n) is 1.58. The van der Waals surface area contributed by atoms with E-state index in [0.29, 0.717) is 79.3 Å². The smallest absolute Gasteiger partial charge is 0.155 e. The molecular formula is C14H28O7. The van der Waals surface area contributed by atoms with E-state index in [2.05, 4.69) is 0 Å². The first-order chi connectivity index (χ1) is 10.4. The van der Waals surface area contributed by atoms with E-state index in [4.69, 9.17) is 33.2 Å². The van der Waals surface area contributed by atoms with E-state index < -0.39 is 0 Å². The third-order valence-electron chi connectivity index (χ3n) is 2.65. The van der Waals surface area contributed by atoms with Gasteiger partial charge in [-0.15, -0.1) is 0 Å². The minimum Gasteiger partial charge on any atom is -0.377 e. The predicted molar refractivity (Wildman–Crippen MR) is 75.5 cm³/mol. The molecule has 0 aromatic rings. The highest BCUT2D eigenvalue weighted by Crippen LogP contribution is 1.94. The molecule has 1 saturated heterocycles. The summed E-state index contributed by atoms with van der Waals surface area (Å²) in [5.74, 6) is 0. The molecule has 0 aliphatic carbocycles. The van der Waals surface area contributed by atoms with Gasteiger partial charge in [0.2, 0.25) is 0 Å². The summed E-state index contributed by atoms with van der Waals surface area (Å²) >= 11 is 0. The first-order valence-electron chi connectivity index (χ1n) is 7.51. The number of hydrogen-bond acceptors (Lipinski definition) is 7. The largest absolute Gasteiger partial charge is 0.377 e. The molecule has 1 rings (SSSR count). The monoisotopic (exact) mass is 308 g/mol. The second-order valence-electron chi connectivity index (χ2n) is 4.37. The summed E-state index contributed by atoms with van der Waals surface area (Å²) in [5, 5.41) is 0. The third-order valence-corrected chi connectivity index (χ3v) is 2.65.